The molecule has 1 atom stereocenters. The highest BCUT2D eigenvalue weighted by molar-refractivity contribution is 8.01. The number of nitrogens with zero attached hydrogens (tertiary/aromatic N) is 7. The number of nitrogens with one attached hydrogen (secondary N) is 1. The summed E-state index contributed by atoms with van der Waals surface area (Å²) in [7, 11) is 1.59. The van der Waals surface area contributed by atoms with Crippen molar-refractivity contribution in [3.8, 4) is 5.75 Å². The summed E-state index contributed by atoms with van der Waals surface area (Å²) in [4.78, 5) is 49.0. The van der Waals surface area contributed by atoms with Gasteiger partial charge in [-0.3, -0.25) is 9.59 Å². The van der Waals surface area contributed by atoms with Gasteiger partial charge in [0, 0.05) is 63.2 Å². The van der Waals surface area contributed by atoms with Gasteiger partial charge in [0.1, 0.15) is 23.2 Å². The largest absolute Gasteiger partial charge is 0.496 e. The summed E-state index contributed by atoms with van der Waals surface area (Å²) in [6.45, 7) is 12.1. The molecule has 3 saturated heterocycles. The molecular weight excluding hydrogens is 609 g/mol. The molecule has 1 N–H and O–H groups in total. The molecule has 13 heteroatoms. The van der Waals surface area contributed by atoms with E-state index < -0.39 is 0 Å². The Morgan fingerprint density at radius 1 is 1.00 bits per heavy atom. The molecule has 0 saturated carbocycles. The van der Waals surface area contributed by atoms with E-state index in [2.05, 4.69) is 25.1 Å². The van der Waals surface area contributed by atoms with Crippen LogP contribution in [0.15, 0.2) is 33.5 Å². The van der Waals surface area contributed by atoms with Gasteiger partial charge in [0.05, 0.1) is 23.1 Å². The first kappa shape index (κ1) is 31.6. The van der Waals surface area contributed by atoms with E-state index in [0.717, 1.165) is 50.3 Å². The van der Waals surface area contributed by atoms with Crippen LogP contribution in [-0.2, 0) is 4.79 Å². The Morgan fingerprint density at radius 2 is 1.76 bits per heavy atom. The third-order valence-electron chi connectivity index (χ3n) is 8.83. The predicted octanol–water partition coefficient (Wildman–Crippen LogP) is 4.82. The molecule has 11 nitrogen and oxygen atoms in total. The van der Waals surface area contributed by atoms with Crippen LogP contribution in [0.1, 0.15) is 54.4 Å². The molecule has 3 fully saturated rings. The molecule has 3 aliphatic heterocycles. The number of aryl methyl sites for hydroxylation is 2. The first-order valence-electron chi connectivity index (χ1n) is 15.8. The fraction of sp³-hybridized carbons (Fsp3) is 0.531. The van der Waals surface area contributed by atoms with Crippen molar-refractivity contribution in [2.24, 2.45) is 0 Å². The van der Waals surface area contributed by atoms with E-state index in [0.29, 0.717) is 43.5 Å². The Kier molecular flexibility index (Phi) is 9.76. The third-order valence-corrected chi connectivity index (χ3v) is 11.0. The second kappa shape index (κ2) is 13.9. The van der Waals surface area contributed by atoms with Gasteiger partial charge in [0.2, 0.25) is 5.91 Å². The van der Waals surface area contributed by atoms with Gasteiger partial charge in [-0.05, 0) is 70.3 Å². The number of carbonyl (C=O) groups is 2. The van der Waals surface area contributed by atoms with Crippen LogP contribution < -0.4 is 15.0 Å². The molecule has 45 heavy (non-hydrogen) atoms. The number of likely N-dealkylation sites (tertiary alicyclic amines) is 1. The van der Waals surface area contributed by atoms with Gasteiger partial charge in [-0.2, -0.15) is 0 Å². The van der Waals surface area contributed by atoms with Gasteiger partial charge < -0.3 is 29.7 Å². The number of hydrogen-bond donors (Lipinski definition) is 1. The molecule has 0 radical (unpaired) electrons. The van der Waals surface area contributed by atoms with Crippen molar-refractivity contribution in [1.29, 1.82) is 0 Å². The Hall–Kier alpha value is -3.42. The minimum atomic E-state index is -0.0841. The van der Waals surface area contributed by atoms with Gasteiger partial charge in [0.25, 0.3) is 5.91 Å². The van der Waals surface area contributed by atoms with Gasteiger partial charge in [0.15, 0.2) is 5.13 Å². The van der Waals surface area contributed by atoms with E-state index in [1.54, 1.807) is 46.9 Å². The van der Waals surface area contributed by atoms with E-state index in [4.69, 9.17) is 9.72 Å². The normalized spacial score (nSPS) is 18.9. The van der Waals surface area contributed by atoms with Gasteiger partial charge in [-0.1, -0.05) is 23.1 Å². The Morgan fingerprint density at radius 3 is 2.49 bits per heavy atom. The Balaban J connectivity index is 1.14. The number of rotatable bonds is 9. The second-order valence-electron chi connectivity index (χ2n) is 12.0. The lowest BCUT2D eigenvalue weighted by Gasteiger charge is -2.34. The average molecular weight is 651 g/mol. The molecule has 0 bridgehead atoms. The van der Waals surface area contributed by atoms with Crippen LogP contribution >= 0.6 is 23.1 Å². The topological polar surface area (TPSA) is 107 Å². The number of aromatic nitrogens is 3. The minimum Gasteiger partial charge on any atom is -0.496 e. The summed E-state index contributed by atoms with van der Waals surface area (Å²) in [5, 5.41) is 4.17. The molecule has 3 aliphatic rings. The monoisotopic (exact) mass is 650 g/mol. The summed E-state index contributed by atoms with van der Waals surface area (Å²) in [6, 6.07) is 6.37. The van der Waals surface area contributed by atoms with Crippen molar-refractivity contribution in [3.05, 3.63) is 41.3 Å². The molecule has 1 unspecified atom stereocenters. The van der Waals surface area contributed by atoms with E-state index in [-0.39, 0.29) is 11.8 Å². The average Bonchev–Trinajstić information content (AvgIpc) is 3.81. The maximum atomic E-state index is 13.5. The molecule has 0 aliphatic carbocycles. The molecule has 1 aromatic carbocycles. The van der Waals surface area contributed by atoms with Crippen molar-refractivity contribution in [3.63, 3.8) is 0 Å². The fourth-order valence-corrected chi connectivity index (χ4v) is 8.39. The molecule has 2 amide bonds. The van der Waals surface area contributed by atoms with E-state index in [9.17, 15) is 9.59 Å². The molecule has 240 valence electrons. The van der Waals surface area contributed by atoms with Crippen LogP contribution in [0.25, 0.3) is 0 Å². The summed E-state index contributed by atoms with van der Waals surface area (Å²) >= 11 is 3.13. The number of amides is 2. The highest BCUT2D eigenvalue weighted by Crippen LogP contribution is 2.39. The predicted molar refractivity (Wildman–Crippen MR) is 178 cm³/mol. The number of carbonyl (C=O) groups excluding carboxylic acids is 2. The maximum Gasteiger partial charge on any atom is 0.257 e. The summed E-state index contributed by atoms with van der Waals surface area (Å²) in [6.07, 6.45) is 6.85. The zero-order valence-corrected chi connectivity index (χ0v) is 28.2. The third kappa shape index (κ3) is 7.36. The Labute approximate surface area is 273 Å². The van der Waals surface area contributed by atoms with Crippen molar-refractivity contribution in [2.75, 3.05) is 69.7 Å². The maximum absolute atomic E-state index is 13.5. The quantitative estimate of drug-likeness (QED) is 0.346. The molecule has 3 aromatic rings. The van der Waals surface area contributed by atoms with Crippen LogP contribution in [0.5, 0.6) is 5.75 Å². The first-order valence-corrected chi connectivity index (χ1v) is 17.4. The number of thiazole rings is 1. The highest BCUT2D eigenvalue weighted by Gasteiger charge is 2.29. The minimum absolute atomic E-state index is 0.0375. The summed E-state index contributed by atoms with van der Waals surface area (Å²) in [5.74, 6) is 2.97. The van der Waals surface area contributed by atoms with Gasteiger partial charge in [-0.15, -0.1) is 0 Å². The standard InChI is InChI=1S/C32H42N8O3S2/c1-21-16-26(43-4)25(31(42)39-14-12-38(13-15-39)23(3)41)17-27(21)44-30-19-33-32(45-30)36-28-18-29(35-22(2)34-28)40-11-7-8-24(40)20-37-9-5-6-10-37/h16-19,24H,5-15,20H2,1-4H3,(H,33,34,35,36). The number of hydrogen-bond acceptors (Lipinski definition) is 11. The van der Waals surface area contributed by atoms with Gasteiger partial charge >= 0.3 is 0 Å². The number of methoxy groups -OCH3 is 1. The molecule has 5 heterocycles. The SMILES string of the molecule is COc1cc(C)c(Sc2cnc(Nc3cc(N4CCCC4CN4CCCC4)nc(C)n3)s2)cc1C(=O)N1CCN(C(C)=O)CC1. The number of piperazine rings is 1. The smallest absolute Gasteiger partial charge is 0.257 e. The number of benzene rings is 1. The summed E-state index contributed by atoms with van der Waals surface area (Å²) in [5.41, 5.74) is 1.54. The van der Waals surface area contributed by atoms with Crippen molar-refractivity contribution in [1.82, 2.24) is 29.7 Å². The fourth-order valence-electron chi connectivity index (χ4n) is 6.44. The molecule has 0 spiro atoms. The lowest BCUT2D eigenvalue weighted by Crippen LogP contribution is -2.50. The summed E-state index contributed by atoms with van der Waals surface area (Å²) < 4.78 is 6.61. The lowest BCUT2D eigenvalue weighted by atomic mass is 10.1. The second-order valence-corrected chi connectivity index (χ2v) is 14.4. The van der Waals surface area contributed by atoms with Crippen molar-refractivity contribution in [2.45, 2.75) is 61.6 Å². The highest BCUT2D eigenvalue weighted by atomic mass is 32.2. The first-order chi connectivity index (χ1) is 21.8. The lowest BCUT2D eigenvalue weighted by molar-refractivity contribution is -0.130. The molecule has 2 aromatic heterocycles. The Bertz CT molecular complexity index is 1530. The van der Waals surface area contributed by atoms with E-state index >= 15 is 0 Å². The van der Waals surface area contributed by atoms with Crippen LogP contribution in [0.3, 0.4) is 0 Å². The zero-order valence-electron chi connectivity index (χ0n) is 26.5. The molecular formula is C32H42N8O3S2. The number of ether oxygens (including phenoxy) is 1. The van der Waals surface area contributed by atoms with Crippen LogP contribution in [0, 0.1) is 13.8 Å². The van der Waals surface area contributed by atoms with Crippen molar-refractivity contribution >= 4 is 51.7 Å². The van der Waals surface area contributed by atoms with Crippen LogP contribution in [0.4, 0.5) is 16.8 Å². The van der Waals surface area contributed by atoms with E-state index in [1.165, 1.54) is 38.8 Å². The number of anilines is 3. The van der Waals surface area contributed by atoms with Crippen LogP contribution in [0.2, 0.25) is 0 Å². The van der Waals surface area contributed by atoms with Gasteiger partial charge in [-0.25, -0.2) is 15.0 Å². The zero-order chi connectivity index (χ0) is 31.5. The van der Waals surface area contributed by atoms with E-state index in [1.807, 2.05) is 38.2 Å². The molecule has 6 rings (SSSR count). The van der Waals surface area contributed by atoms with Crippen molar-refractivity contribution < 1.29 is 14.3 Å². The van der Waals surface area contributed by atoms with Crippen LogP contribution in [-0.4, -0.2) is 107 Å².